The molecule has 136 valence electrons. The zero-order valence-electron chi connectivity index (χ0n) is 14.3. The summed E-state index contributed by atoms with van der Waals surface area (Å²) in [5.74, 6) is -0.130. The van der Waals surface area contributed by atoms with Crippen LogP contribution in [0.15, 0.2) is 41.4 Å². The van der Waals surface area contributed by atoms with E-state index < -0.39 is 6.10 Å². The van der Waals surface area contributed by atoms with Gasteiger partial charge in [-0.05, 0) is 12.5 Å². The Kier molecular flexibility index (Phi) is 4.96. The van der Waals surface area contributed by atoms with Crippen molar-refractivity contribution in [3.63, 3.8) is 0 Å². The van der Waals surface area contributed by atoms with Crippen molar-refractivity contribution in [3.05, 3.63) is 47.0 Å². The van der Waals surface area contributed by atoms with Crippen LogP contribution < -0.4 is 5.32 Å². The van der Waals surface area contributed by atoms with E-state index >= 15 is 0 Å². The Balaban J connectivity index is 1.30. The number of fused-ring (bicyclic) bond motifs is 1. The molecule has 7 nitrogen and oxygen atoms in total. The summed E-state index contributed by atoms with van der Waals surface area (Å²) in [6, 6.07) is 7.54. The lowest BCUT2D eigenvalue weighted by atomic mass is 10.0. The molecule has 0 unspecified atom stereocenters. The van der Waals surface area contributed by atoms with Gasteiger partial charge in [-0.2, -0.15) is 5.10 Å². The Hall–Kier alpha value is -2.29. The number of likely N-dealkylation sites (tertiary alicyclic amines) is 1. The molecule has 1 aliphatic heterocycles. The van der Waals surface area contributed by atoms with Crippen LogP contribution in [0.3, 0.4) is 0 Å². The lowest BCUT2D eigenvalue weighted by Crippen LogP contribution is -2.54. The number of benzene rings is 1. The molecule has 0 bridgehead atoms. The van der Waals surface area contributed by atoms with Gasteiger partial charge in [-0.15, -0.1) is 11.3 Å². The number of piperidine rings is 1. The summed E-state index contributed by atoms with van der Waals surface area (Å²) in [5, 5.41) is 20.8. The van der Waals surface area contributed by atoms with Gasteiger partial charge in [-0.25, -0.2) is 4.98 Å². The Morgan fingerprint density at radius 2 is 2.27 bits per heavy atom. The molecule has 1 aliphatic rings. The van der Waals surface area contributed by atoms with E-state index in [2.05, 4.69) is 20.3 Å². The molecule has 4 rings (SSSR count). The highest BCUT2D eigenvalue weighted by molar-refractivity contribution is 7.07. The van der Waals surface area contributed by atoms with Crippen molar-refractivity contribution in [1.29, 1.82) is 0 Å². The number of hydrogen-bond donors (Lipinski definition) is 2. The van der Waals surface area contributed by atoms with Crippen LogP contribution >= 0.6 is 11.3 Å². The van der Waals surface area contributed by atoms with E-state index in [4.69, 9.17) is 0 Å². The fourth-order valence-corrected chi connectivity index (χ4v) is 3.90. The summed E-state index contributed by atoms with van der Waals surface area (Å²) in [7, 11) is 0. The van der Waals surface area contributed by atoms with Crippen LogP contribution in [0.1, 0.15) is 12.1 Å². The lowest BCUT2D eigenvalue weighted by molar-refractivity contribution is -0.124. The second kappa shape index (κ2) is 7.53. The first-order valence-corrected chi connectivity index (χ1v) is 9.61. The third-order valence-corrected chi connectivity index (χ3v) is 5.28. The van der Waals surface area contributed by atoms with E-state index in [1.165, 1.54) is 0 Å². The minimum atomic E-state index is -0.581. The smallest absolute Gasteiger partial charge is 0.242 e. The van der Waals surface area contributed by atoms with Crippen molar-refractivity contribution in [2.24, 2.45) is 0 Å². The fourth-order valence-electron chi connectivity index (χ4n) is 3.35. The van der Waals surface area contributed by atoms with Gasteiger partial charge in [0.1, 0.15) is 6.54 Å². The Labute approximate surface area is 155 Å². The summed E-state index contributed by atoms with van der Waals surface area (Å²) >= 11 is 1.57. The number of nitrogens with zero attached hydrogens (tertiary/aromatic N) is 4. The van der Waals surface area contributed by atoms with E-state index in [1.807, 2.05) is 41.4 Å². The number of aliphatic hydroxyl groups excluding tert-OH is 1. The first kappa shape index (κ1) is 17.1. The van der Waals surface area contributed by atoms with Crippen molar-refractivity contribution >= 4 is 28.1 Å². The number of rotatable bonds is 5. The van der Waals surface area contributed by atoms with Gasteiger partial charge in [0.15, 0.2) is 0 Å². The maximum atomic E-state index is 12.3. The molecule has 2 aromatic heterocycles. The monoisotopic (exact) mass is 371 g/mol. The van der Waals surface area contributed by atoms with Gasteiger partial charge in [-0.1, -0.05) is 18.2 Å². The van der Waals surface area contributed by atoms with E-state index in [0.29, 0.717) is 6.54 Å². The molecule has 3 heterocycles. The standard InChI is InChI=1S/C18H21N5O2S/c24-17-9-22(8-14-11-26-12-19-14)6-5-16(17)20-18(25)10-23-7-13-3-1-2-4-15(13)21-23/h1-4,7,11-12,16-17,24H,5-6,8-10H2,(H,20,25)/t16-,17-/m1/s1. The summed E-state index contributed by atoms with van der Waals surface area (Å²) in [4.78, 5) is 18.8. The number of aromatic nitrogens is 3. The molecule has 0 aliphatic carbocycles. The quantitative estimate of drug-likeness (QED) is 0.705. The van der Waals surface area contributed by atoms with E-state index in [0.717, 1.165) is 36.1 Å². The normalized spacial score (nSPS) is 21.1. The maximum absolute atomic E-state index is 12.3. The van der Waals surface area contributed by atoms with Crippen molar-refractivity contribution in [3.8, 4) is 0 Å². The van der Waals surface area contributed by atoms with E-state index in [1.54, 1.807) is 16.0 Å². The third kappa shape index (κ3) is 3.92. The van der Waals surface area contributed by atoms with Gasteiger partial charge in [0.2, 0.25) is 5.91 Å². The van der Waals surface area contributed by atoms with Crippen molar-refractivity contribution in [1.82, 2.24) is 25.0 Å². The first-order chi connectivity index (χ1) is 12.7. The number of amides is 1. The highest BCUT2D eigenvalue weighted by Crippen LogP contribution is 2.15. The number of carbonyl (C=O) groups excluding carboxylic acids is 1. The average Bonchev–Trinajstić information content (AvgIpc) is 3.26. The molecule has 1 saturated heterocycles. The van der Waals surface area contributed by atoms with E-state index in [9.17, 15) is 9.90 Å². The van der Waals surface area contributed by atoms with Crippen molar-refractivity contribution in [2.75, 3.05) is 13.1 Å². The van der Waals surface area contributed by atoms with Gasteiger partial charge in [0.25, 0.3) is 0 Å². The van der Waals surface area contributed by atoms with Crippen LogP contribution in [-0.2, 0) is 17.9 Å². The predicted molar refractivity (Wildman–Crippen MR) is 99.7 cm³/mol. The maximum Gasteiger partial charge on any atom is 0.242 e. The molecule has 0 spiro atoms. The molecule has 1 aromatic carbocycles. The molecule has 26 heavy (non-hydrogen) atoms. The second-order valence-corrected chi connectivity index (χ2v) is 7.35. The minimum Gasteiger partial charge on any atom is -0.390 e. The van der Waals surface area contributed by atoms with Gasteiger partial charge in [0.05, 0.1) is 28.9 Å². The molecule has 2 N–H and O–H groups in total. The van der Waals surface area contributed by atoms with E-state index in [-0.39, 0.29) is 18.5 Å². The second-order valence-electron chi connectivity index (χ2n) is 6.63. The van der Waals surface area contributed by atoms with Gasteiger partial charge >= 0.3 is 0 Å². The molecule has 8 heteroatoms. The number of hydrogen-bond acceptors (Lipinski definition) is 6. The van der Waals surface area contributed by atoms with Crippen molar-refractivity contribution < 1.29 is 9.90 Å². The summed E-state index contributed by atoms with van der Waals surface area (Å²) < 4.78 is 1.64. The van der Waals surface area contributed by atoms with Crippen molar-refractivity contribution in [2.45, 2.75) is 31.7 Å². The zero-order valence-corrected chi connectivity index (χ0v) is 15.1. The van der Waals surface area contributed by atoms with Crippen LogP contribution in [0.4, 0.5) is 0 Å². The Morgan fingerprint density at radius 1 is 1.38 bits per heavy atom. The Morgan fingerprint density at radius 3 is 3.04 bits per heavy atom. The third-order valence-electron chi connectivity index (χ3n) is 4.65. The van der Waals surface area contributed by atoms with Gasteiger partial charge < -0.3 is 10.4 Å². The molecule has 3 aromatic rings. The largest absolute Gasteiger partial charge is 0.390 e. The first-order valence-electron chi connectivity index (χ1n) is 8.66. The summed E-state index contributed by atoms with van der Waals surface area (Å²) in [6.07, 6.45) is 2.00. The number of carbonyl (C=O) groups is 1. The molecule has 1 amide bonds. The highest BCUT2D eigenvalue weighted by Gasteiger charge is 2.29. The SMILES string of the molecule is O=C(Cn1cc2ccccc2n1)N[C@@H]1CCN(Cc2cscn2)C[C@H]1O. The minimum absolute atomic E-state index is 0.130. The number of β-amino-alcohol motifs (C(OH)–C–C–N with tert-alkyl or cyclic N) is 1. The van der Waals surface area contributed by atoms with Crippen LogP contribution in [0.25, 0.3) is 10.9 Å². The highest BCUT2D eigenvalue weighted by atomic mass is 32.1. The molecular weight excluding hydrogens is 350 g/mol. The molecule has 0 saturated carbocycles. The topological polar surface area (TPSA) is 83.3 Å². The lowest BCUT2D eigenvalue weighted by Gasteiger charge is -2.35. The molecule has 1 fully saturated rings. The van der Waals surface area contributed by atoms with Gasteiger partial charge in [-0.3, -0.25) is 14.4 Å². The number of thiazole rings is 1. The Bertz CT molecular complexity index is 846. The molecule has 2 atom stereocenters. The van der Waals surface area contributed by atoms with Crippen LogP contribution in [0, 0.1) is 0 Å². The molecular formula is C18H21N5O2S. The zero-order chi connectivity index (χ0) is 17.9. The van der Waals surface area contributed by atoms with Gasteiger partial charge in [0, 0.05) is 36.6 Å². The van der Waals surface area contributed by atoms with Crippen LogP contribution in [0.5, 0.6) is 0 Å². The molecule has 0 radical (unpaired) electrons. The number of aliphatic hydroxyl groups is 1. The summed E-state index contributed by atoms with van der Waals surface area (Å²) in [5.41, 5.74) is 3.71. The average molecular weight is 371 g/mol. The predicted octanol–water partition coefficient (Wildman–Crippen LogP) is 1.24. The number of nitrogens with one attached hydrogen (secondary N) is 1. The van der Waals surface area contributed by atoms with Crippen LogP contribution in [0.2, 0.25) is 0 Å². The summed E-state index contributed by atoms with van der Waals surface area (Å²) in [6.45, 7) is 2.25. The van der Waals surface area contributed by atoms with Crippen LogP contribution in [-0.4, -0.2) is 55.9 Å². The fraction of sp³-hybridized carbons (Fsp3) is 0.389.